The van der Waals surface area contributed by atoms with Crippen molar-refractivity contribution < 1.29 is 9.53 Å². The summed E-state index contributed by atoms with van der Waals surface area (Å²) >= 11 is 0. The molecule has 9 atom stereocenters. The Hall–Kier alpha value is -1.29. The minimum Gasteiger partial charge on any atom is -0.446 e. The molecule has 4 nitrogen and oxygen atoms in total. The van der Waals surface area contributed by atoms with Crippen LogP contribution in [0.5, 0.6) is 0 Å². The number of fused-ring (bicyclic) bond motifs is 5. The van der Waals surface area contributed by atoms with E-state index in [-0.39, 0.29) is 12.2 Å². The molecular formula is C34H58N2O2. The van der Waals surface area contributed by atoms with Crippen LogP contribution in [0.25, 0.3) is 0 Å². The van der Waals surface area contributed by atoms with Crippen LogP contribution in [0.4, 0.5) is 4.79 Å². The average molecular weight is 527 g/mol. The van der Waals surface area contributed by atoms with Crippen molar-refractivity contribution in [3.63, 3.8) is 0 Å². The summed E-state index contributed by atoms with van der Waals surface area (Å²) in [5.74, 6) is 5.43. The Morgan fingerprint density at radius 2 is 1.87 bits per heavy atom. The molecule has 216 valence electrons. The first-order chi connectivity index (χ1) is 18.0. The van der Waals surface area contributed by atoms with Crippen molar-refractivity contribution in [3.8, 4) is 0 Å². The molecule has 4 aliphatic carbocycles. The summed E-state index contributed by atoms with van der Waals surface area (Å²) in [6.07, 6.45) is 18.7. The molecular weight excluding hydrogens is 468 g/mol. The number of ether oxygens (including phenoxy) is 1. The average Bonchev–Trinajstić information content (AvgIpc) is 3.21. The Morgan fingerprint density at radius 1 is 1.11 bits per heavy atom. The number of amides is 1. The summed E-state index contributed by atoms with van der Waals surface area (Å²) in [5, 5.41) is 2.93. The van der Waals surface area contributed by atoms with Gasteiger partial charge < -0.3 is 15.0 Å². The van der Waals surface area contributed by atoms with Crippen molar-refractivity contribution in [2.24, 2.45) is 52.3 Å². The summed E-state index contributed by atoms with van der Waals surface area (Å²) in [6, 6.07) is 0. The molecule has 0 aromatic rings. The van der Waals surface area contributed by atoms with Crippen molar-refractivity contribution in [1.29, 1.82) is 0 Å². The van der Waals surface area contributed by atoms with E-state index in [0.29, 0.717) is 29.2 Å². The van der Waals surface area contributed by atoms with Crippen molar-refractivity contribution >= 4 is 6.09 Å². The zero-order chi connectivity index (χ0) is 27.7. The number of carbonyl (C=O) groups is 1. The monoisotopic (exact) mass is 526 g/mol. The molecule has 1 N–H and O–H groups in total. The lowest BCUT2D eigenvalue weighted by Crippen LogP contribution is -2.51. The van der Waals surface area contributed by atoms with E-state index >= 15 is 0 Å². The van der Waals surface area contributed by atoms with Gasteiger partial charge in [-0.15, -0.1) is 0 Å². The Morgan fingerprint density at radius 3 is 2.55 bits per heavy atom. The van der Waals surface area contributed by atoms with Gasteiger partial charge in [0.05, 0.1) is 0 Å². The smallest absolute Gasteiger partial charge is 0.407 e. The SMILES string of the molecule is CC[C@H](/C=C/[C@@H](C)[C@H]1CCC2C3CC=C4C[C@@H](OC(=O)NCCN(C)C)CC[C@]4(C)[C@H]3CC[C@@]21C)C(C)C. The Labute approximate surface area is 234 Å². The lowest BCUT2D eigenvalue weighted by Gasteiger charge is -2.58. The van der Waals surface area contributed by atoms with Gasteiger partial charge in [-0.3, -0.25) is 0 Å². The number of nitrogens with one attached hydrogen (secondary N) is 1. The predicted molar refractivity (Wildman–Crippen MR) is 159 cm³/mol. The molecule has 0 spiro atoms. The van der Waals surface area contributed by atoms with Gasteiger partial charge in [-0.1, -0.05) is 65.3 Å². The first-order valence-electron chi connectivity index (χ1n) is 16.0. The molecule has 1 amide bonds. The Kier molecular flexibility index (Phi) is 9.43. The number of hydrogen-bond acceptors (Lipinski definition) is 3. The van der Waals surface area contributed by atoms with E-state index in [1.807, 2.05) is 14.1 Å². The number of alkyl carbamates (subject to hydrolysis) is 1. The summed E-state index contributed by atoms with van der Waals surface area (Å²) < 4.78 is 5.88. The van der Waals surface area contributed by atoms with E-state index in [1.165, 1.54) is 38.5 Å². The second-order valence-corrected chi connectivity index (χ2v) is 14.5. The van der Waals surface area contributed by atoms with Gasteiger partial charge in [0, 0.05) is 19.5 Å². The lowest BCUT2D eigenvalue weighted by molar-refractivity contribution is -0.0550. The molecule has 3 saturated carbocycles. The van der Waals surface area contributed by atoms with Crippen molar-refractivity contribution in [2.45, 2.75) is 105 Å². The molecule has 4 aliphatic rings. The number of allylic oxidation sites excluding steroid dienone is 3. The van der Waals surface area contributed by atoms with Crippen LogP contribution in [0.2, 0.25) is 0 Å². The van der Waals surface area contributed by atoms with E-state index in [2.05, 4.69) is 70.0 Å². The first-order valence-corrected chi connectivity index (χ1v) is 16.0. The zero-order valence-corrected chi connectivity index (χ0v) is 25.9. The van der Waals surface area contributed by atoms with Gasteiger partial charge in [-0.25, -0.2) is 4.79 Å². The van der Waals surface area contributed by atoms with Crippen LogP contribution >= 0.6 is 0 Å². The summed E-state index contributed by atoms with van der Waals surface area (Å²) in [4.78, 5) is 14.4. The number of rotatable bonds is 9. The number of likely N-dealkylation sites (N-methyl/N-ethyl adjacent to an activating group) is 1. The van der Waals surface area contributed by atoms with Crippen LogP contribution in [0.1, 0.15) is 99.3 Å². The Bertz CT molecular complexity index is 878. The highest BCUT2D eigenvalue weighted by atomic mass is 16.6. The van der Waals surface area contributed by atoms with E-state index in [4.69, 9.17) is 4.74 Å². The number of carbonyl (C=O) groups excluding carboxylic acids is 1. The van der Waals surface area contributed by atoms with Gasteiger partial charge in [-0.05, 0) is 118 Å². The molecule has 0 radical (unpaired) electrons. The van der Waals surface area contributed by atoms with E-state index in [0.717, 1.165) is 55.4 Å². The highest BCUT2D eigenvalue weighted by Gasteiger charge is 2.59. The largest absolute Gasteiger partial charge is 0.446 e. The zero-order valence-electron chi connectivity index (χ0n) is 25.9. The molecule has 0 heterocycles. The fourth-order valence-corrected chi connectivity index (χ4v) is 9.49. The molecule has 2 unspecified atom stereocenters. The van der Waals surface area contributed by atoms with Gasteiger partial charge in [0.15, 0.2) is 0 Å². The summed E-state index contributed by atoms with van der Waals surface area (Å²) in [5.41, 5.74) is 2.36. The van der Waals surface area contributed by atoms with E-state index in [9.17, 15) is 4.79 Å². The molecule has 0 saturated heterocycles. The normalized spacial score (nSPS) is 38.4. The fraction of sp³-hybridized carbons (Fsp3) is 0.853. The standard InChI is InChI=1S/C34H58N2O2/c1-9-25(23(2)3)11-10-24(4)29-14-15-30-28-13-12-26-22-27(38-32(37)35-20-21-36(7)8)16-18-33(26,5)31(28)17-19-34(29,30)6/h10-12,23-25,27-31H,9,13-22H2,1-8H3,(H,35,37)/b11-10+/t24-,25-,27+,28?,29-,30?,31+,33+,34-/m1/s1. The third-order valence-corrected chi connectivity index (χ3v) is 11.9. The van der Waals surface area contributed by atoms with E-state index < -0.39 is 0 Å². The third-order valence-electron chi connectivity index (χ3n) is 11.9. The van der Waals surface area contributed by atoms with Gasteiger partial charge in [0.2, 0.25) is 0 Å². The molecule has 38 heavy (non-hydrogen) atoms. The van der Waals surface area contributed by atoms with Crippen LogP contribution < -0.4 is 5.32 Å². The minimum atomic E-state index is -0.248. The topological polar surface area (TPSA) is 41.6 Å². The minimum absolute atomic E-state index is 0.0281. The van der Waals surface area contributed by atoms with Gasteiger partial charge in [-0.2, -0.15) is 0 Å². The molecule has 0 aromatic carbocycles. The van der Waals surface area contributed by atoms with Crippen LogP contribution in [0.15, 0.2) is 23.8 Å². The second-order valence-electron chi connectivity index (χ2n) is 14.5. The molecule has 4 rings (SSSR count). The Balaban J connectivity index is 1.40. The number of nitrogens with zero attached hydrogens (tertiary/aromatic N) is 1. The van der Waals surface area contributed by atoms with Crippen molar-refractivity contribution in [3.05, 3.63) is 23.8 Å². The molecule has 4 heteroatoms. The molecule has 0 aliphatic heterocycles. The molecule has 0 bridgehead atoms. The predicted octanol–water partition coefficient (Wildman–Crippen LogP) is 8.10. The highest BCUT2D eigenvalue weighted by Crippen LogP contribution is 2.67. The maximum absolute atomic E-state index is 12.4. The lowest BCUT2D eigenvalue weighted by atomic mass is 9.47. The van der Waals surface area contributed by atoms with Gasteiger partial charge >= 0.3 is 6.09 Å². The number of hydrogen-bond donors (Lipinski definition) is 1. The maximum Gasteiger partial charge on any atom is 0.407 e. The van der Waals surface area contributed by atoms with Crippen LogP contribution in [0, 0.1) is 52.3 Å². The van der Waals surface area contributed by atoms with Crippen LogP contribution in [-0.2, 0) is 4.74 Å². The molecule has 0 aromatic heterocycles. The highest BCUT2D eigenvalue weighted by molar-refractivity contribution is 5.67. The van der Waals surface area contributed by atoms with Crippen LogP contribution in [0.3, 0.4) is 0 Å². The van der Waals surface area contributed by atoms with Gasteiger partial charge in [0.1, 0.15) is 6.10 Å². The second kappa shape index (κ2) is 12.1. The maximum atomic E-state index is 12.4. The third kappa shape index (κ3) is 5.91. The molecule has 3 fully saturated rings. The quantitative estimate of drug-likeness (QED) is 0.309. The van der Waals surface area contributed by atoms with Crippen molar-refractivity contribution in [1.82, 2.24) is 10.2 Å². The van der Waals surface area contributed by atoms with Crippen LogP contribution in [-0.4, -0.2) is 44.3 Å². The summed E-state index contributed by atoms with van der Waals surface area (Å²) in [7, 11) is 4.04. The van der Waals surface area contributed by atoms with Gasteiger partial charge in [0.25, 0.3) is 0 Å². The van der Waals surface area contributed by atoms with E-state index in [1.54, 1.807) is 5.57 Å². The van der Waals surface area contributed by atoms with Crippen molar-refractivity contribution in [2.75, 3.05) is 27.2 Å². The summed E-state index contributed by atoms with van der Waals surface area (Å²) in [6.45, 7) is 16.3. The fourth-order valence-electron chi connectivity index (χ4n) is 9.49. The first kappa shape index (κ1) is 29.7.